The summed E-state index contributed by atoms with van der Waals surface area (Å²) in [5, 5.41) is 0. The second kappa shape index (κ2) is 12.7. The second-order valence-corrected chi connectivity index (χ2v) is 10.3. The smallest absolute Gasteiger partial charge is 0.345 e. The topological polar surface area (TPSA) is 51.6 Å². The van der Waals surface area contributed by atoms with Gasteiger partial charge in [-0.2, -0.15) is 13.2 Å². The van der Waals surface area contributed by atoms with Crippen LogP contribution in [-0.4, -0.2) is 78.1 Å². The van der Waals surface area contributed by atoms with Crippen molar-refractivity contribution in [2.75, 3.05) is 63.2 Å². The highest BCUT2D eigenvalue weighted by molar-refractivity contribution is 5.62. The van der Waals surface area contributed by atoms with Crippen LogP contribution < -0.4 is 9.80 Å². The molecule has 0 saturated carbocycles. The van der Waals surface area contributed by atoms with Gasteiger partial charge in [-0.25, -0.2) is 9.97 Å². The number of piperazine rings is 1. The number of aromatic nitrogens is 3. The zero-order chi connectivity index (χ0) is 28.8. The molecule has 5 rings (SSSR count). The van der Waals surface area contributed by atoms with E-state index >= 15 is 0 Å². The minimum absolute atomic E-state index is 0.550. The molecule has 41 heavy (non-hydrogen) atoms. The first-order valence-electron chi connectivity index (χ1n) is 13.7. The van der Waals surface area contributed by atoms with Gasteiger partial charge < -0.3 is 14.7 Å². The van der Waals surface area contributed by atoms with Gasteiger partial charge in [0.25, 0.3) is 0 Å². The Kier molecular flexibility index (Phi) is 8.80. The van der Waals surface area contributed by atoms with E-state index in [0.717, 1.165) is 68.3 Å². The van der Waals surface area contributed by atoms with Crippen LogP contribution >= 0.6 is 0 Å². The molecule has 3 heterocycles. The van der Waals surface area contributed by atoms with E-state index in [1.807, 2.05) is 19.2 Å². The molecule has 0 unspecified atom stereocenters. The van der Waals surface area contributed by atoms with E-state index in [-0.39, 0.29) is 0 Å². The predicted molar refractivity (Wildman–Crippen MR) is 156 cm³/mol. The van der Waals surface area contributed by atoms with Gasteiger partial charge in [0.2, 0.25) is 5.95 Å². The lowest BCUT2D eigenvalue weighted by Crippen LogP contribution is -2.47. The third-order valence-corrected chi connectivity index (χ3v) is 7.46. The normalized spacial score (nSPS) is 14.7. The maximum Gasteiger partial charge on any atom is 0.416 e. The van der Waals surface area contributed by atoms with Gasteiger partial charge in [0.15, 0.2) is 0 Å². The van der Waals surface area contributed by atoms with E-state index in [1.54, 1.807) is 24.7 Å². The number of likely N-dealkylation sites (N-methyl/N-ethyl adjacent to an activating group) is 1. The number of benzene rings is 2. The molecule has 0 N–H and O–H groups in total. The van der Waals surface area contributed by atoms with Crippen molar-refractivity contribution in [2.45, 2.75) is 12.7 Å². The summed E-state index contributed by atoms with van der Waals surface area (Å²) in [5.74, 6) is 0.550. The van der Waals surface area contributed by atoms with Crippen molar-refractivity contribution < 1.29 is 13.2 Å². The number of anilines is 3. The monoisotopic (exact) mass is 561 g/mol. The molecule has 214 valence electrons. The summed E-state index contributed by atoms with van der Waals surface area (Å²) in [6.45, 7) is 6.27. The molecule has 1 fully saturated rings. The Morgan fingerprint density at radius 2 is 1.46 bits per heavy atom. The molecule has 2 aromatic heterocycles. The summed E-state index contributed by atoms with van der Waals surface area (Å²) in [6, 6.07) is 19.2. The van der Waals surface area contributed by atoms with Crippen LogP contribution in [0.4, 0.5) is 30.5 Å². The molecule has 0 radical (unpaired) electrons. The van der Waals surface area contributed by atoms with Crippen molar-refractivity contribution in [2.24, 2.45) is 0 Å². The molecule has 0 aliphatic carbocycles. The van der Waals surface area contributed by atoms with Crippen molar-refractivity contribution in [3.05, 3.63) is 96.4 Å². The van der Waals surface area contributed by atoms with E-state index in [1.165, 1.54) is 12.1 Å². The van der Waals surface area contributed by atoms with Gasteiger partial charge in [-0.05, 0) is 55.1 Å². The largest absolute Gasteiger partial charge is 0.416 e. The molecule has 0 bridgehead atoms. The van der Waals surface area contributed by atoms with Crippen LogP contribution in [0.5, 0.6) is 0 Å². The van der Waals surface area contributed by atoms with Gasteiger partial charge in [0.05, 0.1) is 11.3 Å². The molecule has 0 atom stereocenters. The van der Waals surface area contributed by atoms with Gasteiger partial charge in [-0.3, -0.25) is 9.88 Å². The molecule has 10 heteroatoms. The average Bonchev–Trinajstić information content (AvgIpc) is 3.00. The van der Waals surface area contributed by atoms with Crippen molar-refractivity contribution >= 4 is 17.3 Å². The SMILES string of the molecule is CN1CCN(CCN(Cc2ccc(N(C)c3ccncc3)cc2)c2nccc(-c3ccc(C(F)(F)F)cc3)n2)CC1. The van der Waals surface area contributed by atoms with Gasteiger partial charge in [-0.15, -0.1) is 0 Å². The van der Waals surface area contributed by atoms with Gasteiger partial charge in [-0.1, -0.05) is 24.3 Å². The fourth-order valence-electron chi connectivity index (χ4n) is 4.84. The lowest BCUT2D eigenvalue weighted by Gasteiger charge is -2.34. The maximum atomic E-state index is 13.1. The number of nitrogens with zero attached hydrogens (tertiary/aromatic N) is 7. The fraction of sp³-hybridized carbons (Fsp3) is 0.323. The Hall–Kier alpha value is -4.02. The first-order valence-corrected chi connectivity index (χ1v) is 13.7. The first kappa shape index (κ1) is 28.5. The van der Waals surface area contributed by atoms with E-state index in [9.17, 15) is 13.2 Å². The van der Waals surface area contributed by atoms with Crippen molar-refractivity contribution in [1.29, 1.82) is 0 Å². The maximum absolute atomic E-state index is 13.1. The average molecular weight is 562 g/mol. The summed E-state index contributed by atoms with van der Waals surface area (Å²) in [5.41, 5.74) is 3.74. The lowest BCUT2D eigenvalue weighted by atomic mass is 10.1. The minimum atomic E-state index is -4.38. The van der Waals surface area contributed by atoms with E-state index < -0.39 is 11.7 Å². The summed E-state index contributed by atoms with van der Waals surface area (Å²) in [4.78, 5) is 22.5. The van der Waals surface area contributed by atoms with E-state index in [2.05, 4.69) is 60.9 Å². The van der Waals surface area contributed by atoms with Crippen molar-refractivity contribution in [3.8, 4) is 11.3 Å². The standard InChI is InChI=1S/C31H34F3N7/c1-38-17-19-40(20-18-38)21-22-41(23-24-3-9-27(10-4-24)39(2)28-11-14-35-15-12-28)30-36-16-13-29(37-30)25-5-7-26(8-6-25)31(32,33)34/h3-16H,17-23H2,1-2H3. The Morgan fingerprint density at radius 1 is 0.805 bits per heavy atom. The van der Waals surface area contributed by atoms with Crippen LogP contribution in [0.15, 0.2) is 85.3 Å². The van der Waals surface area contributed by atoms with Gasteiger partial charge in [0, 0.05) is 88.4 Å². The van der Waals surface area contributed by atoms with Crippen molar-refractivity contribution in [1.82, 2.24) is 24.8 Å². The Bertz CT molecular complexity index is 1390. The lowest BCUT2D eigenvalue weighted by molar-refractivity contribution is -0.137. The third kappa shape index (κ3) is 7.39. The molecule has 0 amide bonds. The number of hydrogen-bond donors (Lipinski definition) is 0. The summed E-state index contributed by atoms with van der Waals surface area (Å²) in [7, 11) is 4.16. The molecule has 0 spiro atoms. The fourth-order valence-corrected chi connectivity index (χ4v) is 4.84. The van der Waals surface area contributed by atoms with Crippen LogP contribution in [0.3, 0.4) is 0 Å². The minimum Gasteiger partial charge on any atom is -0.345 e. The summed E-state index contributed by atoms with van der Waals surface area (Å²) < 4.78 is 39.2. The zero-order valence-corrected chi connectivity index (χ0v) is 23.3. The van der Waals surface area contributed by atoms with E-state index in [4.69, 9.17) is 4.98 Å². The number of hydrogen-bond acceptors (Lipinski definition) is 7. The molecule has 7 nitrogen and oxygen atoms in total. The first-order chi connectivity index (χ1) is 19.8. The number of pyridine rings is 1. The highest BCUT2D eigenvalue weighted by Gasteiger charge is 2.30. The summed E-state index contributed by atoms with van der Waals surface area (Å²) >= 11 is 0. The quantitative estimate of drug-likeness (QED) is 0.265. The molecule has 4 aromatic rings. The highest BCUT2D eigenvalue weighted by Crippen LogP contribution is 2.31. The zero-order valence-electron chi connectivity index (χ0n) is 23.3. The second-order valence-electron chi connectivity index (χ2n) is 10.3. The number of halogens is 3. The van der Waals surface area contributed by atoms with Crippen LogP contribution in [0.1, 0.15) is 11.1 Å². The number of rotatable bonds is 9. The Morgan fingerprint density at radius 3 is 2.12 bits per heavy atom. The van der Waals surface area contributed by atoms with E-state index in [0.29, 0.717) is 23.8 Å². The third-order valence-electron chi connectivity index (χ3n) is 7.46. The predicted octanol–water partition coefficient (Wildman–Crippen LogP) is 5.58. The molecule has 2 aromatic carbocycles. The molecular formula is C31H34F3N7. The molecular weight excluding hydrogens is 527 g/mol. The molecule has 1 saturated heterocycles. The van der Waals surface area contributed by atoms with Crippen LogP contribution in [-0.2, 0) is 12.7 Å². The van der Waals surface area contributed by atoms with Gasteiger partial charge in [0.1, 0.15) is 0 Å². The Balaban J connectivity index is 1.36. The van der Waals surface area contributed by atoms with Crippen molar-refractivity contribution in [3.63, 3.8) is 0 Å². The highest BCUT2D eigenvalue weighted by atomic mass is 19.4. The van der Waals surface area contributed by atoms with Crippen LogP contribution in [0.25, 0.3) is 11.3 Å². The molecule has 1 aliphatic rings. The summed E-state index contributed by atoms with van der Waals surface area (Å²) in [6.07, 6.45) is 0.845. The van der Waals surface area contributed by atoms with Crippen LogP contribution in [0, 0.1) is 0 Å². The van der Waals surface area contributed by atoms with Crippen LogP contribution in [0.2, 0.25) is 0 Å². The van der Waals surface area contributed by atoms with Gasteiger partial charge >= 0.3 is 6.18 Å². The number of alkyl halides is 3. The molecule has 1 aliphatic heterocycles. The Labute approximate surface area is 238 Å².